The van der Waals surface area contributed by atoms with Crippen LogP contribution in [0.25, 0.3) is 0 Å². The summed E-state index contributed by atoms with van der Waals surface area (Å²) in [5.41, 5.74) is 7.11. The summed E-state index contributed by atoms with van der Waals surface area (Å²) in [4.78, 5) is 0. The molecule has 2 atom stereocenters. The van der Waals surface area contributed by atoms with Gasteiger partial charge in [-0.25, -0.2) is 4.39 Å². The fourth-order valence-electron chi connectivity index (χ4n) is 5.74. The van der Waals surface area contributed by atoms with E-state index in [2.05, 4.69) is 0 Å². The molecule has 102 valence electrons. The van der Waals surface area contributed by atoms with E-state index in [1.165, 1.54) is 32.1 Å². The SMILES string of the molecule is NCC1C2CC3CC1CC(c1ccccc1F)(C3)C2. The minimum absolute atomic E-state index is 0.00810. The van der Waals surface area contributed by atoms with Crippen LogP contribution in [0.15, 0.2) is 24.3 Å². The average Bonchev–Trinajstić information content (AvgIpc) is 2.38. The van der Waals surface area contributed by atoms with Crippen molar-refractivity contribution in [2.75, 3.05) is 6.54 Å². The maximum absolute atomic E-state index is 14.3. The van der Waals surface area contributed by atoms with Crippen LogP contribution in [-0.2, 0) is 5.41 Å². The summed E-state index contributed by atoms with van der Waals surface area (Å²) in [5.74, 6) is 3.02. The van der Waals surface area contributed by atoms with E-state index in [0.29, 0.717) is 5.92 Å². The molecule has 4 aliphatic carbocycles. The van der Waals surface area contributed by atoms with Crippen LogP contribution >= 0.6 is 0 Å². The second-order valence-corrected chi connectivity index (χ2v) is 7.13. The monoisotopic (exact) mass is 259 g/mol. The third-order valence-electron chi connectivity index (χ3n) is 6.19. The lowest BCUT2D eigenvalue weighted by atomic mass is 9.45. The van der Waals surface area contributed by atoms with Crippen LogP contribution in [0.4, 0.5) is 4.39 Å². The van der Waals surface area contributed by atoms with Gasteiger partial charge in [0.1, 0.15) is 5.82 Å². The molecule has 0 saturated heterocycles. The molecule has 1 aromatic rings. The summed E-state index contributed by atoms with van der Waals surface area (Å²) in [7, 11) is 0. The van der Waals surface area contributed by atoms with Crippen molar-refractivity contribution in [3.05, 3.63) is 35.6 Å². The van der Waals surface area contributed by atoms with Crippen molar-refractivity contribution in [2.24, 2.45) is 29.4 Å². The lowest BCUT2D eigenvalue weighted by molar-refractivity contribution is -0.0535. The molecule has 5 rings (SSSR count). The van der Waals surface area contributed by atoms with Gasteiger partial charge in [0.05, 0.1) is 0 Å². The Kier molecular flexibility index (Phi) is 2.54. The van der Waals surface area contributed by atoms with E-state index in [4.69, 9.17) is 5.73 Å². The number of halogens is 1. The predicted octanol–water partition coefficient (Wildman–Crippen LogP) is 3.48. The molecular weight excluding hydrogens is 237 g/mol. The Morgan fingerprint density at radius 1 is 1.11 bits per heavy atom. The number of rotatable bonds is 2. The fourth-order valence-corrected chi connectivity index (χ4v) is 5.74. The van der Waals surface area contributed by atoms with E-state index in [1.807, 2.05) is 18.2 Å². The Bertz CT molecular complexity index is 482. The maximum atomic E-state index is 14.3. The van der Waals surface area contributed by atoms with Crippen molar-refractivity contribution in [2.45, 2.75) is 37.5 Å². The first-order chi connectivity index (χ1) is 9.22. The van der Waals surface area contributed by atoms with Gasteiger partial charge in [0.25, 0.3) is 0 Å². The van der Waals surface area contributed by atoms with Crippen LogP contribution in [0.2, 0.25) is 0 Å². The minimum Gasteiger partial charge on any atom is -0.330 e. The van der Waals surface area contributed by atoms with E-state index < -0.39 is 0 Å². The Morgan fingerprint density at radius 3 is 2.42 bits per heavy atom. The molecule has 4 bridgehead atoms. The molecule has 0 spiro atoms. The smallest absolute Gasteiger partial charge is 0.126 e. The third kappa shape index (κ3) is 1.62. The molecule has 4 aliphatic rings. The number of hydrogen-bond acceptors (Lipinski definition) is 1. The molecule has 4 fully saturated rings. The number of hydrogen-bond donors (Lipinski definition) is 1. The van der Waals surface area contributed by atoms with Gasteiger partial charge in [-0.3, -0.25) is 0 Å². The Hall–Kier alpha value is -0.890. The maximum Gasteiger partial charge on any atom is 0.126 e. The first-order valence-electron chi connectivity index (χ1n) is 7.67. The van der Waals surface area contributed by atoms with Gasteiger partial charge in [-0.05, 0) is 79.4 Å². The molecule has 2 heteroatoms. The van der Waals surface area contributed by atoms with Crippen LogP contribution in [0.5, 0.6) is 0 Å². The molecule has 0 aromatic heterocycles. The highest BCUT2D eigenvalue weighted by Gasteiger charge is 2.55. The average molecular weight is 259 g/mol. The fraction of sp³-hybridized carbons (Fsp3) is 0.647. The lowest BCUT2D eigenvalue weighted by Gasteiger charge is -2.60. The summed E-state index contributed by atoms with van der Waals surface area (Å²) in [5, 5.41) is 0. The van der Waals surface area contributed by atoms with Gasteiger partial charge < -0.3 is 5.73 Å². The summed E-state index contributed by atoms with van der Waals surface area (Å²) in [6.45, 7) is 0.829. The second kappa shape index (κ2) is 4.05. The topological polar surface area (TPSA) is 26.0 Å². The van der Waals surface area contributed by atoms with Crippen LogP contribution in [-0.4, -0.2) is 6.54 Å². The van der Waals surface area contributed by atoms with E-state index in [0.717, 1.165) is 29.9 Å². The zero-order valence-electron chi connectivity index (χ0n) is 11.3. The highest BCUT2D eigenvalue weighted by molar-refractivity contribution is 5.31. The first-order valence-corrected chi connectivity index (χ1v) is 7.67. The number of benzene rings is 1. The van der Waals surface area contributed by atoms with Crippen LogP contribution in [0.1, 0.15) is 37.7 Å². The van der Waals surface area contributed by atoms with E-state index in [1.54, 1.807) is 6.07 Å². The van der Waals surface area contributed by atoms with Gasteiger partial charge in [0.2, 0.25) is 0 Å². The van der Waals surface area contributed by atoms with Crippen molar-refractivity contribution in [3.63, 3.8) is 0 Å². The van der Waals surface area contributed by atoms with Gasteiger partial charge in [-0.2, -0.15) is 0 Å². The van der Waals surface area contributed by atoms with Gasteiger partial charge >= 0.3 is 0 Å². The largest absolute Gasteiger partial charge is 0.330 e. The van der Waals surface area contributed by atoms with Crippen LogP contribution in [0.3, 0.4) is 0 Å². The highest BCUT2D eigenvalue weighted by atomic mass is 19.1. The molecule has 4 saturated carbocycles. The van der Waals surface area contributed by atoms with Crippen molar-refractivity contribution < 1.29 is 4.39 Å². The molecule has 0 aliphatic heterocycles. The first kappa shape index (κ1) is 11.9. The molecule has 19 heavy (non-hydrogen) atoms. The summed E-state index contributed by atoms with van der Waals surface area (Å²) < 4.78 is 14.3. The van der Waals surface area contributed by atoms with Crippen LogP contribution < -0.4 is 5.73 Å². The van der Waals surface area contributed by atoms with E-state index >= 15 is 0 Å². The van der Waals surface area contributed by atoms with Crippen molar-refractivity contribution in [1.29, 1.82) is 0 Å². The molecule has 2 N–H and O–H groups in total. The Balaban J connectivity index is 1.76. The van der Waals surface area contributed by atoms with Gasteiger partial charge in [-0.15, -0.1) is 0 Å². The Morgan fingerprint density at radius 2 is 1.79 bits per heavy atom. The molecule has 0 radical (unpaired) electrons. The zero-order chi connectivity index (χ0) is 13.0. The molecule has 0 amide bonds. The van der Waals surface area contributed by atoms with Gasteiger partial charge in [0, 0.05) is 0 Å². The molecule has 1 aromatic carbocycles. The molecule has 2 unspecified atom stereocenters. The number of nitrogens with two attached hydrogens (primary N) is 1. The molecular formula is C17H22FN. The molecule has 0 heterocycles. The van der Waals surface area contributed by atoms with Crippen molar-refractivity contribution >= 4 is 0 Å². The standard InChI is InChI=1S/C17H22FN/c18-16-4-2-1-3-15(16)17-7-11-5-12(8-17)14(10-19)13(6-11)9-17/h1-4,11-14H,5-10,19H2. The zero-order valence-corrected chi connectivity index (χ0v) is 11.3. The highest BCUT2D eigenvalue weighted by Crippen LogP contribution is 2.62. The lowest BCUT2D eigenvalue weighted by Crippen LogP contribution is -2.54. The van der Waals surface area contributed by atoms with Crippen molar-refractivity contribution in [3.8, 4) is 0 Å². The Labute approximate surface area is 114 Å². The summed E-state index contributed by atoms with van der Waals surface area (Å²) in [6.07, 6.45) is 6.23. The third-order valence-corrected chi connectivity index (χ3v) is 6.19. The van der Waals surface area contributed by atoms with Gasteiger partial charge in [0.15, 0.2) is 0 Å². The van der Waals surface area contributed by atoms with Crippen LogP contribution in [0, 0.1) is 29.5 Å². The van der Waals surface area contributed by atoms with Gasteiger partial charge in [-0.1, -0.05) is 18.2 Å². The summed E-state index contributed by atoms with van der Waals surface area (Å²) >= 11 is 0. The predicted molar refractivity (Wildman–Crippen MR) is 74.2 cm³/mol. The van der Waals surface area contributed by atoms with E-state index in [-0.39, 0.29) is 11.2 Å². The summed E-state index contributed by atoms with van der Waals surface area (Å²) in [6, 6.07) is 7.47. The van der Waals surface area contributed by atoms with E-state index in [9.17, 15) is 4.39 Å². The second-order valence-electron chi connectivity index (χ2n) is 7.13. The quantitative estimate of drug-likeness (QED) is 0.864. The minimum atomic E-state index is 0.00810. The molecule has 1 nitrogen and oxygen atoms in total. The normalized spacial score (nSPS) is 43.7. The van der Waals surface area contributed by atoms with Crippen molar-refractivity contribution in [1.82, 2.24) is 0 Å².